The first-order chi connectivity index (χ1) is 8.84. The predicted molar refractivity (Wildman–Crippen MR) is 71.6 cm³/mol. The van der Waals surface area contributed by atoms with Crippen LogP contribution in [0, 0.1) is 0 Å². The lowest BCUT2D eigenvalue weighted by Gasteiger charge is -2.05. The molecule has 1 N–H and O–H groups in total. The van der Waals surface area contributed by atoms with Gasteiger partial charge >= 0.3 is 0 Å². The van der Waals surface area contributed by atoms with Crippen molar-refractivity contribution in [1.82, 2.24) is 10.2 Å². The van der Waals surface area contributed by atoms with E-state index in [0.29, 0.717) is 5.39 Å². The van der Waals surface area contributed by atoms with Crippen LogP contribution in [0.1, 0.15) is 11.1 Å². The van der Waals surface area contributed by atoms with Crippen LogP contribution in [0.3, 0.4) is 0 Å². The number of nitrogens with one attached hydrogen (secondary N) is 1. The van der Waals surface area contributed by atoms with Gasteiger partial charge in [0, 0.05) is 5.39 Å². The van der Waals surface area contributed by atoms with Crippen LogP contribution in [0.15, 0.2) is 59.5 Å². The monoisotopic (exact) mass is 236 g/mol. The smallest absolute Gasteiger partial charge is 0.267 e. The largest absolute Gasteiger partial charge is 0.272 e. The number of aromatic amines is 1. The molecule has 0 saturated heterocycles. The molecule has 0 spiro atoms. The second-order valence-electron chi connectivity index (χ2n) is 4.24. The van der Waals surface area contributed by atoms with Crippen LogP contribution in [0.25, 0.3) is 10.8 Å². The third kappa shape index (κ3) is 1.91. The van der Waals surface area contributed by atoms with Gasteiger partial charge in [-0.25, -0.2) is 5.10 Å². The van der Waals surface area contributed by atoms with Crippen LogP contribution in [-0.4, -0.2) is 10.2 Å². The third-order valence-corrected chi connectivity index (χ3v) is 3.04. The van der Waals surface area contributed by atoms with Gasteiger partial charge in [0.25, 0.3) is 5.56 Å². The molecule has 3 heteroatoms. The summed E-state index contributed by atoms with van der Waals surface area (Å²) in [6.45, 7) is 0. The normalized spacial score (nSPS) is 10.7. The van der Waals surface area contributed by atoms with Gasteiger partial charge in [0.05, 0.1) is 11.6 Å². The predicted octanol–water partition coefficient (Wildman–Crippen LogP) is 2.51. The van der Waals surface area contributed by atoms with Gasteiger partial charge in [0.1, 0.15) is 0 Å². The van der Waals surface area contributed by atoms with Crippen LogP contribution in [0.5, 0.6) is 0 Å². The highest BCUT2D eigenvalue weighted by molar-refractivity contribution is 5.84. The summed E-state index contributed by atoms with van der Waals surface area (Å²) in [7, 11) is 0. The Kier molecular flexibility index (Phi) is 2.65. The van der Waals surface area contributed by atoms with Crippen molar-refractivity contribution in [2.45, 2.75) is 6.42 Å². The molecule has 0 fully saturated rings. The van der Waals surface area contributed by atoms with Gasteiger partial charge in [-0.3, -0.25) is 4.79 Å². The van der Waals surface area contributed by atoms with Crippen LogP contribution < -0.4 is 5.56 Å². The minimum atomic E-state index is -0.137. The van der Waals surface area contributed by atoms with E-state index in [1.54, 1.807) is 6.20 Å². The van der Waals surface area contributed by atoms with Gasteiger partial charge in [0.2, 0.25) is 0 Å². The maximum Gasteiger partial charge on any atom is 0.272 e. The molecule has 3 rings (SSSR count). The second-order valence-corrected chi connectivity index (χ2v) is 4.24. The molecular weight excluding hydrogens is 224 g/mol. The number of fused-ring (bicyclic) bond motifs is 1. The summed E-state index contributed by atoms with van der Waals surface area (Å²) in [4.78, 5) is 11.7. The molecule has 0 aliphatic heterocycles. The standard InChI is InChI=1S/C15H12N2O/c18-15-13-8-4-7-12(14(13)10-16-17-15)9-11-5-2-1-3-6-11/h1-8,10H,9H2,(H,17,18). The minimum Gasteiger partial charge on any atom is -0.267 e. The van der Waals surface area contributed by atoms with Crippen molar-refractivity contribution >= 4 is 10.8 Å². The number of H-pyrrole nitrogens is 1. The quantitative estimate of drug-likeness (QED) is 0.743. The topological polar surface area (TPSA) is 45.8 Å². The van der Waals surface area contributed by atoms with Gasteiger partial charge in [-0.1, -0.05) is 42.5 Å². The van der Waals surface area contributed by atoms with Crippen molar-refractivity contribution in [3.63, 3.8) is 0 Å². The zero-order chi connectivity index (χ0) is 12.4. The Balaban J connectivity index is 2.13. The Morgan fingerprint density at radius 2 is 1.78 bits per heavy atom. The molecule has 0 unspecified atom stereocenters. The van der Waals surface area contributed by atoms with E-state index in [1.807, 2.05) is 36.4 Å². The molecule has 1 heterocycles. The van der Waals surface area contributed by atoms with E-state index in [4.69, 9.17) is 0 Å². The molecule has 0 aliphatic carbocycles. The number of benzene rings is 2. The lowest BCUT2D eigenvalue weighted by molar-refractivity contribution is 1.01. The zero-order valence-corrected chi connectivity index (χ0v) is 9.76. The molecule has 3 aromatic rings. The molecule has 0 saturated carbocycles. The maximum absolute atomic E-state index is 11.7. The van der Waals surface area contributed by atoms with Crippen molar-refractivity contribution in [2.75, 3.05) is 0 Å². The third-order valence-electron chi connectivity index (χ3n) is 3.04. The van der Waals surface area contributed by atoms with E-state index in [-0.39, 0.29) is 5.56 Å². The van der Waals surface area contributed by atoms with Gasteiger partial charge < -0.3 is 0 Å². The Labute approximate surface area is 104 Å². The van der Waals surface area contributed by atoms with Crippen molar-refractivity contribution in [3.05, 3.63) is 76.2 Å². The van der Waals surface area contributed by atoms with Gasteiger partial charge in [-0.15, -0.1) is 0 Å². The van der Waals surface area contributed by atoms with E-state index in [1.165, 1.54) is 5.56 Å². The molecule has 18 heavy (non-hydrogen) atoms. The van der Waals surface area contributed by atoms with E-state index >= 15 is 0 Å². The fourth-order valence-electron chi connectivity index (χ4n) is 2.15. The van der Waals surface area contributed by atoms with Crippen LogP contribution >= 0.6 is 0 Å². The molecule has 0 atom stereocenters. The summed E-state index contributed by atoms with van der Waals surface area (Å²) in [5.74, 6) is 0. The first-order valence-electron chi connectivity index (χ1n) is 5.84. The average Bonchev–Trinajstić information content (AvgIpc) is 2.41. The Morgan fingerprint density at radius 3 is 2.61 bits per heavy atom. The molecule has 3 nitrogen and oxygen atoms in total. The summed E-state index contributed by atoms with van der Waals surface area (Å²) in [6.07, 6.45) is 2.53. The van der Waals surface area contributed by atoms with Crippen molar-refractivity contribution in [2.24, 2.45) is 0 Å². The number of nitrogens with zero attached hydrogens (tertiary/aromatic N) is 1. The van der Waals surface area contributed by atoms with Gasteiger partial charge in [-0.05, 0) is 23.6 Å². The van der Waals surface area contributed by atoms with Crippen molar-refractivity contribution in [1.29, 1.82) is 0 Å². The van der Waals surface area contributed by atoms with E-state index in [0.717, 1.165) is 17.4 Å². The van der Waals surface area contributed by atoms with Gasteiger partial charge in [-0.2, -0.15) is 5.10 Å². The maximum atomic E-state index is 11.7. The molecule has 88 valence electrons. The highest BCUT2D eigenvalue weighted by atomic mass is 16.1. The summed E-state index contributed by atoms with van der Waals surface area (Å²) < 4.78 is 0. The second kappa shape index (κ2) is 4.45. The van der Waals surface area contributed by atoms with E-state index in [2.05, 4.69) is 22.3 Å². The average molecular weight is 236 g/mol. The van der Waals surface area contributed by atoms with Crippen molar-refractivity contribution < 1.29 is 0 Å². The van der Waals surface area contributed by atoms with Crippen molar-refractivity contribution in [3.8, 4) is 0 Å². The van der Waals surface area contributed by atoms with E-state index in [9.17, 15) is 4.79 Å². The fraction of sp³-hybridized carbons (Fsp3) is 0.0667. The first kappa shape index (κ1) is 10.7. The summed E-state index contributed by atoms with van der Waals surface area (Å²) in [5, 5.41) is 7.95. The molecule has 2 aromatic carbocycles. The first-order valence-corrected chi connectivity index (χ1v) is 5.84. The minimum absolute atomic E-state index is 0.137. The number of hydrogen-bond donors (Lipinski definition) is 1. The molecule has 0 radical (unpaired) electrons. The summed E-state index contributed by atoms with van der Waals surface area (Å²) in [5.41, 5.74) is 2.21. The summed E-state index contributed by atoms with van der Waals surface area (Å²) in [6, 6.07) is 16.0. The lowest BCUT2D eigenvalue weighted by atomic mass is 10.0. The number of rotatable bonds is 2. The summed E-state index contributed by atoms with van der Waals surface area (Å²) >= 11 is 0. The number of aromatic nitrogens is 2. The lowest BCUT2D eigenvalue weighted by Crippen LogP contribution is -2.08. The van der Waals surface area contributed by atoms with Crippen LogP contribution in [-0.2, 0) is 6.42 Å². The fourth-order valence-corrected chi connectivity index (χ4v) is 2.15. The highest BCUT2D eigenvalue weighted by Crippen LogP contribution is 2.17. The zero-order valence-electron chi connectivity index (χ0n) is 9.76. The Hall–Kier alpha value is -2.42. The molecule has 1 aromatic heterocycles. The van der Waals surface area contributed by atoms with E-state index < -0.39 is 0 Å². The van der Waals surface area contributed by atoms with Crippen LogP contribution in [0.4, 0.5) is 0 Å². The molecule has 0 aliphatic rings. The highest BCUT2D eigenvalue weighted by Gasteiger charge is 2.04. The molecular formula is C15H12N2O. The Morgan fingerprint density at radius 1 is 0.944 bits per heavy atom. The number of hydrogen-bond acceptors (Lipinski definition) is 2. The SMILES string of the molecule is O=c1[nH]ncc2c(Cc3ccccc3)cccc12. The molecule has 0 amide bonds. The van der Waals surface area contributed by atoms with Crippen LogP contribution in [0.2, 0.25) is 0 Å². The molecule has 0 bridgehead atoms. The Bertz CT molecular complexity index is 732. The van der Waals surface area contributed by atoms with Gasteiger partial charge in [0.15, 0.2) is 0 Å².